The minimum Gasteiger partial charge on any atom is -0.327 e. The zero-order chi connectivity index (χ0) is 11.1. The number of aromatic nitrogens is 3. The molecule has 2 heterocycles. The molecular weight excluding hydrogens is 202 g/mol. The second kappa shape index (κ2) is 3.13. The van der Waals surface area contributed by atoms with Crippen LogP contribution in [0.5, 0.6) is 0 Å². The van der Waals surface area contributed by atoms with Crippen molar-refractivity contribution in [3.05, 3.63) is 46.8 Å². The van der Waals surface area contributed by atoms with Gasteiger partial charge in [-0.05, 0) is 18.2 Å². The van der Waals surface area contributed by atoms with E-state index >= 15 is 0 Å². The molecule has 0 aliphatic carbocycles. The second-order valence-electron chi connectivity index (χ2n) is 3.67. The van der Waals surface area contributed by atoms with Crippen LogP contribution in [0.2, 0.25) is 0 Å². The molecule has 0 saturated carbocycles. The van der Waals surface area contributed by atoms with Gasteiger partial charge in [0, 0.05) is 12.4 Å². The zero-order valence-corrected chi connectivity index (χ0v) is 8.71. The third-order valence-corrected chi connectivity index (χ3v) is 2.77. The van der Waals surface area contributed by atoms with Gasteiger partial charge in [-0.25, -0.2) is 0 Å². The van der Waals surface area contributed by atoms with Crippen LogP contribution in [0.25, 0.3) is 21.9 Å². The van der Waals surface area contributed by atoms with Crippen LogP contribution in [0.1, 0.15) is 0 Å². The standard InChI is InChI=1S/C12H9N3O/c1-15-10-5-3-2-4-8(10)11(16)9-6-7-13-14-12(9)15/h2-7H,1H3. The molecule has 2 aromatic heterocycles. The number of hydrogen-bond acceptors (Lipinski definition) is 3. The predicted molar refractivity (Wildman–Crippen MR) is 62.3 cm³/mol. The molecule has 0 unspecified atom stereocenters. The largest absolute Gasteiger partial charge is 0.327 e. The van der Waals surface area contributed by atoms with Crippen LogP contribution < -0.4 is 5.43 Å². The van der Waals surface area contributed by atoms with E-state index in [-0.39, 0.29) is 5.43 Å². The Labute approximate surface area is 91.2 Å². The molecule has 0 bridgehead atoms. The summed E-state index contributed by atoms with van der Waals surface area (Å²) in [5.74, 6) is 0. The van der Waals surface area contributed by atoms with Crippen LogP contribution in [0.4, 0.5) is 0 Å². The minimum absolute atomic E-state index is 0.0126. The van der Waals surface area contributed by atoms with E-state index < -0.39 is 0 Å². The molecule has 3 rings (SSSR count). The third kappa shape index (κ3) is 1.07. The van der Waals surface area contributed by atoms with Gasteiger partial charge in [0.2, 0.25) is 0 Å². The maximum Gasteiger partial charge on any atom is 0.198 e. The molecule has 0 fully saturated rings. The van der Waals surface area contributed by atoms with Gasteiger partial charge in [-0.2, -0.15) is 5.10 Å². The van der Waals surface area contributed by atoms with Gasteiger partial charge in [-0.3, -0.25) is 4.79 Å². The predicted octanol–water partition coefficient (Wildman–Crippen LogP) is 1.48. The molecule has 0 amide bonds. The lowest BCUT2D eigenvalue weighted by Crippen LogP contribution is -2.10. The minimum atomic E-state index is 0.0126. The van der Waals surface area contributed by atoms with E-state index in [4.69, 9.17) is 0 Å². The summed E-state index contributed by atoms with van der Waals surface area (Å²) in [5, 5.41) is 9.14. The molecule has 78 valence electrons. The molecule has 4 heteroatoms. The van der Waals surface area contributed by atoms with Crippen molar-refractivity contribution < 1.29 is 0 Å². The Morgan fingerprint density at radius 2 is 1.94 bits per heavy atom. The fraction of sp³-hybridized carbons (Fsp3) is 0.0833. The lowest BCUT2D eigenvalue weighted by atomic mass is 10.1. The summed E-state index contributed by atoms with van der Waals surface area (Å²) >= 11 is 0. The first-order valence-corrected chi connectivity index (χ1v) is 4.98. The monoisotopic (exact) mass is 211 g/mol. The normalized spacial score (nSPS) is 11.1. The van der Waals surface area contributed by atoms with Crippen LogP contribution in [0.3, 0.4) is 0 Å². The van der Waals surface area contributed by atoms with E-state index in [1.807, 2.05) is 35.9 Å². The summed E-state index contributed by atoms with van der Waals surface area (Å²) in [4.78, 5) is 12.2. The molecule has 0 radical (unpaired) electrons. The summed E-state index contributed by atoms with van der Waals surface area (Å²) in [7, 11) is 1.89. The van der Waals surface area contributed by atoms with Crippen molar-refractivity contribution in [2.75, 3.05) is 0 Å². The summed E-state index contributed by atoms with van der Waals surface area (Å²) in [5.41, 5.74) is 1.50. The molecule has 1 aromatic carbocycles. The highest BCUT2D eigenvalue weighted by atomic mass is 16.1. The quantitative estimate of drug-likeness (QED) is 0.529. The molecule has 0 saturated heterocycles. The number of para-hydroxylation sites is 1. The number of fused-ring (bicyclic) bond motifs is 2. The van der Waals surface area contributed by atoms with Gasteiger partial charge < -0.3 is 4.57 Å². The maximum atomic E-state index is 12.2. The molecule has 0 spiro atoms. The van der Waals surface area contributed by atoms with Crippen molar-refractivity contribution >= 4 is 21.9 Å². The average Bonchev–Trinajstić information content (AvgIpc) is 2.36. The summed E-state index contributed by atoms with van der Waals surface area (Å²) in [6, 6.07) is 9.22. The summed E-state index contributed by atoms with van der Waals surface area (Å²) in [6.45, 7) is 0. The SMILES string of the molecule is Cn1c2ccccc2c(=O)c2ccnnc21. The van der Waals surface area contributed by atoms with Crippen molar-refractivity contribution in [2.45, 2.75) is 0 Å². The molecule has 0 aliphatic rings. The van der Waals surface area contributed by atoms with E-state index in [9.17, 15) is 4.79 Å². The molecule has 3 aromatic rings. The number of rotatable bonds is 0. The van der Waals surface area contributed by atoms with E-state index in [1.165, 1.54) is 0 Å². The van der Waals surface area contributed by atoms with Crippen LogP contribution in [-0.4, -0.2) is 14.8 Å². The van der Waals surface area contributed by atoms with Gasteiger partial charge in [0.25, 0.3) is 0 Å². The smallest absolute Gasteiger partial charge is 0.198 e. The first-order chi connectivity index (χ1) is 7.79. The highest BCUT2D eigenvalue weighted by Gasteiger charge is 2.08. The van der Waals surface area contributed by atoms with Crippen LogP contribution in [0, 0.1) is 0 Å². The molecular formula is C12H9N3O. The van der Waals surface area contributed by atoms with Crippen LogP contribution in [0.15, 0.2) is 41.3 Å². The van der Waals surface area contributed by atoms with Crippen LogP contribution >= 0.6 is 0 Å². The Hall–Kier alpha value is -2.23. The van der Waals surface area contributed by atoms with Gasteiger partial charge in [-0.1, -0.05) is 12.1 Å². The molecule has 4 nitrogen and oxygen atoms in total. The Morgan fingerprint density at radius 1 is 1.12 bits per heavy atom. The average molecular weight is 211 g/mol. The van der Waals surface area contributed by atoms with Crippen molar-refractivity contribution in [2.24, 2.45) is 7.05 Å². The zero-order valence-electron chi connectivity index (χ0n) is 8.71. The van der Waals surface area contributed by atoms with Crippen molar-refractivity contribution in [1.29, 1.82) is 0 Å². The maximum absolute atomic E-state index is 12.2. The topological polar surface area (TPSA) is 47.8 Å². The molecule has 0 N–H and O–H groups in total. The Balaban J connectivity index is 2.73. The molecule has 0 aliphatic heterocycles. The van der Waals surface area contributed by atoms with Gasteiger partial charge in [0.15, 0.2) is 11.1 Å². The van der Waals surface area contributed by atoms with Crippen LogP contribution in [-0.2, 0) is 7.05 Å². The Morgan fingerprint density at radius 3 is 2.81 bits per heavy atom. The Bertz CT molecular complexity index is 686. The fourth-order valence-corrected chi connectivity index (χ4v) is 1.97. The van der Waals surface area contributed by atoms with Gasteiger partial charge in [0.1, 0.15) is 0 Å². The van der Waals surface area contributed by atoms with Gasteiger partial charge in [-0.15, -0.1) is 5.10 Å². The molecule has 16 heavy (non-hydrogen) atoms. The van der Waals surface area contributed by atoms with Crippen molar-refractivity contribution in [3.8, 4) is 0 Å². The third-order valence-electron chi connectivity index (χ3n) is 2.77. The first-order valence-electron chi connectivity index (χ1n) is 4.98. The van der Waals surface area contributed by atoms with Crippen molar-refractivity contribution in [3.63, 3.8) is 0 Å². The highest BCUT2D eigenvalue weighted by molar-refractivity contribution is 5.91. The lowest BCUT2D eigenvalue weighted by molar-refractivity contribution is 0.935. The number of pyridine rings is 1. The first kappa shape index (κ1) is 9.03. The van der Waals surface area contributed by atoms with E-state index in [2.05, 4.69) is 10.2 Å². The fourth-order valence-electron chi connectivity index (χ4n) is 1.97. The van der Waals surface area contributed by atoms with E-state index in [1.54, 1.807) is 12.3 Å². The number of hydrogen-bond donors (Lipinski definition) is 0. The molecule has 0 atom stereocenters. The number of benzene rings is 1. The van der Waals surface area contributed by atoms with E-state index in [0.717, 1.165) is 5.52 Å². The lowest BCUT2D eigenvalue weighted by Gasteiger charge is -2.07. The van der Waals surface area contributed by atoms with Gasteiger partial charge >= 0.3 is 0 Å². The van der Waals surface area contributed by atoms with Crippen molar-refractivity contribution in [1.82, 2.24) is 14.8 Å². The second-order valence-corrected chi connectivity index (χ2v) is 3.67. The number of aryl methyl sites for hydroxylation is 1. The Kier molecular flexibility index (Phi) is 1.77. The summed E-state index contributed by atoms with van der Waals surface area (Å²) < 4.78 is 1.89. The number of nitrogens with zero attached hydrogens (tertiary/aromatic N) is 3. The summed E-state index contributed by atoms with van der Waals surface area (Å²) in [6.07, 6.45) is 1.54. The van der Waals surface area contributed by atoms with Gasteiger partial charge in [0.05, 0.1) is 17.1 Å². The van der Waals surface area contributed by atoms with E-state index in [0.29, 0.717) is 16.4 Å². The highest BCUT2D eigenvalue weighted by Crippen LogP contribution is 2.14.